The van der Waals surface area contributed by atoms with Crippen molar-refractivity contribution in [3.05, 3.63) is 59.2 Å². The zero-order chi connectivity index (χ0) is 15.5. The second-order valence-corrected chi connectivity index (χ2v) is 5.13. The minimum atomic E-state index is -4.45. The maximum Gasteiger partial charge on any atom is 0.419 e. The third-order valence-corrected chi connectivity index (χ3v) is 3.69. The molecular weight excluding hydrogens is 345 g/mol. The van der Waals surface area contributed by atoms with Gasteiger partial charge in [0.2, 0.25) is 0 Å². The Morgan fingerprint density at radius 1 is 1.05 bits per heavy atom. The summed E-state index contributed by atoms with van der Waals surface area (Å²) >= 11 is 3.16. The summed E-state index contributed by atoms with van der Waals surface area (Å²) in [7, 11) is 0. The van der Waals surface area contributed by atoms with E-state index in [-0.39, 0.29) is 5.75 Å². The summed E-state index contributed by atoms with van der Waals surface area (Å²) in [4.78, 5) is 0. The molecule has 0 aliphatic rings. The first kappa shape index (κ1) is 15.9. The molecular formula is C16H14BrF3O. The first-order valence-electron chi connectivity index (χ1n) is 6.47. The molecule has 0 aliphatic carbocycles. The Balaban J connectivity index is 2.39. The molecule has 0 N–H and O–H groups in total. The number of hydrogen-bond acceptors (Lipinski definition) is 1. The van der Waals surface area contributed by atoms with Crippen LogP contribution in [-0.4, -0.2) is 0 Å². The van der Waals surface area contributed by atoms with Crippen LogP contribution in [0.2, 0.25) is 0 Å². The fourth-order valence-electron chi connectivity index (χ4n) is 1.93. The zero-order valence-corrected chi connectivity index (χ0v) is 13.0. The first-order valence-corrected chi connectivity index (χ1v) is 7.59. The van der Waals surface area contributed by atoms with Crippen LogP contribution >= 0.6 is 15.9 Å². The van der Waals surface area contributed by atoms with E-state index < -0.39 is 11.7 Å². The van der Waals surface area contributed by atoms with Crippen LogP contribution in [0.15, 0.2) is 42.5 Å². The Morgan fingerprint density at radius 2 is 1.81 bits per heavy atom. The lowest BCUT2D eigenvalue weighted by Gasteiger charge is -2.15. The fraction of sp³-hybridized carbons (Fsp3) is 0.250. The molecule has 1 nitrogen and oxygen atoms in total. The number of ether oxygens (including phenoxy) is 1. The van der Waals surface area contributed by atoms with Gasteiger partial charge in [-0.3, -0.25) is 0 Å². The van der Waals surface area contributed by atoms with Crippen molar-refractivity contribution >= 4 is 15.9 Å². The lowest BCUT2D eigenvalue weighted by Crippen LogP contribution is -2.07. The van der Waals surface area contributed by atoms with Crippen LogP contribution in [0.5, 0.6) is 11.5 Å². The summed E-state index contributed by atoms with van der Waals surface area (Å²) in [5.41, 5.74) is 0.802. The van der Waals surface area contributed by atoms with E-state index in [4.69, 9.17) is 4.74 Å². The zero-order valence-electron chi connectivity index (χ0n) is 11.4. The highest BCUT2D eigenvalue weighted by Crippen LogP contribution is 2.39. The summed E-state index contributed by atoms with van der Waals surface area (Å²) in [6, 6.07) is 11.2. The van der Waals surface area contributed by atoms with Gasteiger partial charge in [-0.05, 0) is 41.8 Å². The SMILES string of the molecule is CCc1cccc(Oc2ccc(CBr)cc2C(F)(F)F)c1. The fourth-order valence-corrected chi connectivity index (χ4v) is 2.28. The van der Waals surface area contributed by atoms with Crippen molar-refractivity contribution in [1.82, 2.24) is 0 Å². The van der Waals surface area contributed by atoms with Crippen molar-refractivity contribution in [2.24, 2.45) is 0 Å². The van der Waals surface area contributed by atoms with Gasteiger partial charge in [-0.15, -0.1) is 0 Å². The molecule has 0 saturated heterocycles. The van der Waals surface area contributed by atoms with Crippen LogP contribution in [0.4, 0.5) is 13.2 Å². The number of alkyl halides is 4. The predicted molar refractivity (Wildman–Crippen MR) is 80.0 cm³/mol. The summed E-state index contributed by atoms with van der Waals surface area (Å²) in [5, 5.41) is 0.363. The Bertz CT molecular complexity index is 623. The van der Waals surface area contributed by atoms with E-state index in [0.717, 1.165) is 18.1 Å². The van der Waals surface area contributed by atoms with E-state index in [1.54, 1.807) is 24.3 Å². The molecule has 0 fully saturated rings. The van der Waals surface area contributed by atoms with Crippen LogP contribution < -0.4 is 4.74 Å². The average molecular weight is 359 g/mol. The van der Waals surface area contributed by atoms with E-state index in [1.165, 1.54) is 6.07 Å². The van der Waals surface area contributed by atoms with Gasteiger partial charge in [0, 0.05) is 5.33 Å². The third kappa shape index (κ3) is 4.00. The van der Waals surface area contributed by atoms with Crippen LogP contribution in [0.3, 0.4) is 0 Å². The van der Waals surface area contributed by atoms with E-state index in [2.05, 4.69) is 15.9 Å². The molecule has 0 aromatic heterocycles. The van der Waals surface area contributed by atoms with Crippen molar-refractivity contribution in [3.8, 4) is 11.5 Å². The summed E-state index contributed by atoms with van der Waals surface area (Å²) < 4.78 is 44.8. The molecule has 112 valence electrons. The highest BCUT2D eigenvalue weighted by atomic mass is 79.9. The number of rotatable bonds is 4. The van der Waals surface area contributed by atoms with Crippen LogP contribution in [0.1, 0.15) is 23.6 Å². The average Bonchev–Trinajstić information content (AvgIpc) is 2.46. The Kier molecular flexibility index (Phi) is 4.93. The van der Waals surface area contributed by atoms with E-state index in [0.29, 0.717) is 16.6 Å². The highest BCUT2D eigenvalue weighted by Gasteiger charge is 2.34. The Hall–Kier alpha value is -1.49. The van der Waals surface area contributed by atoms with Crippen LogP contribution in [0.25, 0.3) is 0 Å². The van der Waals surface area contributed by atoms with Crippen molar-refractivity contribution in [1.29, 1.82) is 0 Å². The topological polar surface area (TPSA) is 9.23 Å². The van der Waals surface area contributed by atoms with Gasteiger partial charge in [-0.25, -0.2) is 0 Å². The second kappa shape index (κ2) is 6.52. The maximum atomic E-state index is 13.1. The largest absolute Gasteiger partial charge is 0.457 e. The molecule has 2 aromatic carbocycles. The number of hydrogen-bond donors (Lipinski definition) is 0. The van der Waals surface area contributed by atoms with E-state index in [1.807, 2.05) is 13.0 Å². The molecule has 0 aliphatic heterocycles. The molecule has 0 radical (unpaired) electrons. The Labute approximate surface area is 129 Å². The quantitative estimate of drug-likeness (QED) is 0.613. The second-order valence-electron chi connectivity index (χ2n) is 4.56. The normalized spacial score (nSPS) is 11.5. The summed E-state index contributed by atoms with van der Waals surface area (Å²) in [6.07, 6.45) is -3.65. The molecule has 2 rings (SSSR count). The molecule has 0 spiro atoms. The van der Waals surface area contributed by atoms with Gasteiger partial charge in [0.15, 0.2) is 0 Å². The lowest BCUT2D eigenvalue weighted by atomic mass is 10.1. The van der Waals surface area contributed by atoms with Crippen LogP contribution in [0, 0.1) is 0 Å². The van der Waals surface area contributed by atoms with Crippen molar-refractivity contribution < 1.29 is 17.9 Å². The maximum absolute atomic E-state index is 13.1. The van der Waals surface area contributed by atoms with E-state index >= 15 is 0 Å². The first-order chi connectivity index (χ1) is 9.94. The van der Waals surface area contributed by atoms with Crippen molar-refractivity contribution in [3.63, 3.8) is 0 Å². The smallest absolute Gasteiger partial charge is 0.419 e. The summed E-state index contributed by atoms with van der Waals surface area (Å²) in [6.45, 7) is 1.98. The van der Waals surface area contributed by atoms with Crippen molar-refractivity contribution in [2.75, 3.05) is 0 Å². The van der Waals surface area contributed by atoms with Gasteiger partial charge in [-0.2, -0.15) is 13.2 Å². The molecule has 0 heterocycles. The Morgan fingerprint density at radius 3 is 2.43 bits per heavy atom. The number of halogens is 4. The minimum absolute atomic E-state index is 0.180. The van der Waals surface area contributed by atoms with Gasteiger partial charge < -0.3 is 4.74 Å². The van der Waals surface area contributed by atoms with E-state index in [9.17, 15) is 13.2 Å². The van der Waals surface area contributed by atoms with Gasteiger partial charge >= 0.3 is 6.18 Å². The summed E-state index contributed by atoms with van der Waals surface area (Å²) in [5.74, 6) is 0.229. The molecule has 0 atom stereocenters. The molecule has 0 bridgehead atoms. The van der Waals surface area contributed by atoms with Crippen LogP contribution in [-0.2, 0) is 17.9 Å². The molecule has 0 amide bonds. The van der Waals surface area contributed by atoms with Gasteiger partial charge in [0.25, 0.3) is 0 Å². The lowest BCUT2D eigenvalue weighted by molar-refractivity contribution is -0.138. The van der Waals surface area contributed by atoms with Gasteiger partial charge in [0.05, 0.1) is 5.56 Å². The highest BCUT2D eigenvalue weighted by molar-refractivity contribution is 9.08. The molecule has 2 aromatic rings. The molecule has 0 saturated carbocycles. The standard InChI is InChI=1S/C16H14BrF3O/c1-2-11-4-3-5-13(8-11)21-15-7-6-12(10-17)9-14(15)16(18,19)20/h3-9H,2,10H2,1H3. The predicted octanol–water partition coefficient (Wildman–Crippen LogP) is 5.96. The molecule has 0 unspecified atom stereocenters. The molecule has 5 heteroatoms. The number of benzene rings is 2. The third-order valence-electron chi connectivity index (χ3n) is 3.04. The molecule has 21 heavy (non-hydrogen) atoms. The minimum Gasteiger partial charge on any atom is -0.457 e. The van der Waals surface area contributed by atoms with Crippen molar-refractivity contribution in [2.45, 2.75) is 24.9 Å². The van der Waals surface area contributed by atoms with Gasteiger partial charge in [0.1, 0.15) is 11.5 Å². The monoisotopic (exact) mass is 358 g/mol. The van der Waals surface area contributed by atoms with Gasteiger partial charge in [-0.1, -0.05) is 41.1 Å². The number of aryl methyl sites for hydroxylation is 1.